The normalized spacial score (nSPS) is 12.2. The molecule has 0 fully saturated rings. The fourth-order valence-electron chi connectivity index (χ4n) is 0.797. The van der Waals surface area contributed by atoms with Crippen LogP contribution in [-0.4, -0.2) is 5.97 Å². The summed E-state index contributed by atoms with van der Waals surface area (Å²) in [4.78, 5) is 10.6. The van der Waals surface area contributed by atoms with E-state index in [-0.39, 0.29) is 5.97 Å². The molecule has 12 heavy (non-hydrogen) atoms. The van der Waals surface area contributed by atoms with E-state index in [1.165, 1.54) is 0 Å². The van der Waals surface area contributed by atoms with Crippen LogP contribution in [0.25, 0.3) is 0 Å². The minimum Gasteiger partial charge on any atom is -0.382 e. The van der Waals surface area contributed by atoms with Crippen LogP contribution in [0.2, 0.25) is 0 Å². The van der Waals surface area contributed by atoms with Crippen LogP contribution in [-0.2, 0) is 8.62 Å². The number of carbonyl (C=O) groups excluding carboxylic acids is 1. The van der Waals surface area contributed by atoms with E-state index in [9.17, 15) is 4.79 Å². The topological polar surface area (TPSA) is 26.3 Å². The lowest BCUT2D eigenvalue weighted by molar-refractivity contribution is -0.131. The van der Waals surface area contributed by atoms with E-state index >= 15 is 0 Å². The Kier molecular flexibility index (Phi) is 3.75. The molecular formula is C8H6Br2O2. The van der Waals surface area contributed by atoms with Gasteiger partial charge in [0.05, 0.1) is 0 Å². The molecule has 4 heteroatoms. The lowest BCUT2D eigenvalue weighted by atomic mass is 10.2. The molecule has 0 heterocycles. The van der Waals surface area contributed by atoms with Gasteiger partial charge in [0.15, 0.2) is 16.3 Å². The van der Waals surface area contributed by atoms with Gasteiger partial charge in [0.2, 0.25) is 0 Å². The Balaban J connectivity index is 2.78. The number of rotatable bonds is 2. The van der Waals surface area contributed by atoms with Crippen molar-refractivity contribution in [2.45, 2.75) is 4.83 Å². The summed E-state index contributed by atoms with van der Waals surface area (Å²) >= 11 is 5.84. The van der Waals surface area contributed by atoms with Crippen LogP contribution >= 0.6 is 32.2 Å². The van der Waals surface area contributed by atoms with E-state index in [2.05, 4.69) is 36.0 Å². The zero-order valence-corrected chi connectivity index (χ0v) is 9.21. The van der Waals surface area contributed by atoms with E-state index in [1.807, 2.05) is 30.3 Å². The largest absolute Gasteiger partial charge is 0.382 e. The van der Waals surface area contributed by atoms with Gasteiger partial charge in [-0.3, -0.25) is 0 Å². The Labute approximate surface area is 87.5 Å². The van der Waals surface area contributed by atoms with Crippen LogP contribution in [0.4, 0.5) is 0 Å². The summed E-state index contributed by atoms with van der Waals surface area (Å²) in [5.74, 6) is -0.360. The minimum atomic E-state index is -0.405. The van der Waals surface area contributed by atoms with E-state index in [4.69, 9.17) is 0 Å². The highest BCUT2D eigenvalue weighted by molar-refractivity contribution is 9.09. The van der Waals surface area contributed by atoms with Crippen LogP contribution in [0.5, 0.6) is 0 Å². The Hall–Kier alpha value is -0.350. The molecule has 0 amide bonds. The van der Waals surface area contributed by atoms with E-state index < -0.39 is 4.83 Å². The van der Waals surface area contributed by atoms with Gasteiger partial charge in [-0.1, -0.05) is 46.3 Å². The predicted molar refractivity (Wildman–Crippen MR) is 53.1 cm³/mol. The van der Waals surface area contributed by atoms with Crippen LogP contribution in [0, 0.1) is 0 Å². The van der Waals surface area contributed by atoms with Crippen LogP contribution in [0.3, 0.4) is 0 Å². The van der Waals surface area contributed by atoms with Crippen molar-refractivity contribution in [1.82, 2.24) is 0 Å². The SMILES string of the molecule is O=C(OBr)C(Br)c1ccccc1. The maximum Gasteiger partial charge on any atom is 0.335 e. The number of carbonyl (C=O) groups is 1. The average molecular weight is 294 g/mol. The van der Waals surface area contributed by atoms with Crippen molar-refractivity contribution in [1.29, 1.82) is 0 Å². The standard InChI is InChI=1S/C8H6Br2O2/c9-7(8(11)12-10)6-4-2-1-3-5-6/h1-5,7H. The lowest BCUT2D eigenvalue weighted by Gasteiger charge is -2.04. The number of hydrogen-bond acceptors (Lipinski definition) is 2. The predicted octanol–water partition coefficient (Wildman–Crippen LogP) is 2.98. The van der Waals surface area contributed by atoms with E-state index in [0.717, 1.165) is 5.56 Å². The zero-order chi connectivity index (χ0) is 8.97. The van der Waals surface area contributed by atoms with Crippen molar-refractivity contribution < 1.29 is 8.62 Å². The van der Waals surface area contributed by atoms with Gasteiger partial charge >= 0.3 is 5.97 Å². The Bertz CT molecular complexity index is 261. The van der Waals surface area contributed by atoms with Gasteiger partial charge in [-0.05, 0) is 5.56 Å². The molecule has 0 saturated carbocycles. The molecule has 1 aromatic carbocycles. The zero-order valence-electron chi connectivity index (χ0n) is 6.04. The average Bonchev–Trinajstić information content (AvgIpc) is 2.17. The van der Waals surface area contributed by atoms with Gasteiger partial charge < -0.3 is 3.83 Å². The smallest absolute Gasteiger partial charge is 0.335 e. The molecular weight excluding hydrogens is 288 g/mol. The second-order valence-corrected chi connectivity index (χ2v) is 3.41. The molecule has 0 aliphatic carbocycles. The molecule has 0 aliphatic heterocycles. The number of benzene rings is 1. The summed E-state index contributed by atoms with van der Waals surface area (Å²) in [6.07, 6.45) is 0. The summed E-state index contributed by atoms with van der Waals surface area (Å²) in [6.45, 7) is 0. The highest BCUT2D eigenvalue weighted by Crippen LogP contribution is 2.24. The number of halogens is 2. The van der Waals surface area contributed by atoms with Crippen molar-refractivity contribution >= 4 is 38.2 Å². The monoisotopic (exact) mass is 292 g/mol. The fourth-order valence-corrected chi connectivity index (χ4v) is 1.63. The molecule has 1 unspecified atom stereocenters. The number of alkyl halides is 1. The molecule has 0 N–H and O–H groups in total. The van der Waals surface area contributed by atoms with Crippen molar-refractivity contribution in [3.05, 3.63) is 35.9 Å². The quantitative estimate of drug-likeness (QED) is 0.784. The molecule has 64 valence electrons. The molecule has 1 aromatic rings. The van der Waals surface area contributed by atoms with Gasteiger partial charge in [0, 0.05) is 0 Å². The highest BCUT2D eigenvalue weighted by Gasteiger charge is 2.17. The van der Waals surface area contributed by atoms with Crippen LogP contribution < -0.4 is 0 Å². The number of hydrogen-bond donors (Lipinski definition) is 0. The van der Waals surface area contributed by atoms with Crippen LogP contribution in [0.1, 0.15) is 10.4 Å². The molecule has 1 atom stereocenters. The second kappa shape index (κ2) is 4.62. The van der Waals surface area contributed by atoms with E-state index in [0.29, 0.717) is 0 Å². The summed E-state index contributed by atoms with van der Waals surface area (Å²) in [5, 5.41) is 0. The van der Waals surface area contributed by atoms with Gasteiger partial charge in [-0.15, -0.1) is 0 Å². The first-order valence-electron chi connectivity index (χ1n) is 3.27. The lowest BCUT2D eigenvalue weighted by Crippen LogP contribution is -2.04. The van der Waals surface area contributed by atoms with Gasteiger partial charge in [-0.25, -0.2) is 4.79 Å². The molecule has 1 rings (SSSR count). The minimum absolute atomic E-state index is 0.360. The molecule has 0 saturated heterocycles. The third-order valence-electron chi connectivity index (χ3n) is 1.38. The van der Waals surface area contributed by atoms with Gasteiger partial charge in [0.25, 0.3) is 0 Å². The third-order valence-corrected chi connectivity index (χ3v) is 2.60. The molecule has 2 nitrogen and oxygen atoms in total. The van der Waals surface area contributed by atoms with Gasteiger partial charge in [0.1, 0.15) is 4.83 Å². The molecule has 0 aliphatic rings. The van der Waals surface area contributed by atoms with Crippen molar-refractivity contribution in [2.24, 2.45) is 0 Å². The molecule has 0 radical (unpaired) electrons. The first-order valence-corrected chi connectivity index (χ1v) is 4.83. The van der Waals surface area contributed by atoms with Crippen molar-refractivity contribution in [3.63, 3.8) is 0 Å². The fraction of sp³-hybridized carbons (Fsp3) is 0.125. The van der Waals surface area contributed by atoms with Crippen LogP contribution in [0.15, 0.2) is 30.3 Å². The van der Waals surface area contributed by atoms with E-state index in [1.54, 1.807) is 0 Å². The molecule has 0 bridgehead atoms. The summed E-state index contributed by atoms with van der Waals surface area (Å²) in [7, 11) is 0. The first-order chi connectivity index (χ1) is 5.75. The first kappa shape index (κ1) is 9.74. The van der Waals surface area contributed by atoms with Gasteiger partial charge in [-0.2, -0.15) is 0 Å². The maximum absolute atomic E-state index is 11.0. The molecule has 0 aromatic heterocycles. The van der Waals surface area contributed by atoms with Crippen molar-refractivity contribution in [3.8, 4) is 0 Å². The molecule has 0 spiro atoms. The Morgan fingerprint density at radius 2 is 1.92 bits per heavy atom. The summed E-state index contributed by atoms with van der Waals surface area (Å²) in [6, 6.07) is 9.32. The maximum atomic E-state index is 11.0. The Morgan fingerprint density at radius 1 is 1.33 bits per heavy atom. The highest BCUT2D eigenvalue weighted by atomic mass is 79.9. The van der Waals surface area contributed by atoms with Crippen molar-refractivity contribution in [2.75, 3.05) is 0 Å². The third kappa shape index (κ3) is 2.32. The summed E-state index contributed by atoms with van der Waals surface area (Å²) < 4.78 is 4.39. The summed E-state index contributed by atoms with van der Waals surface area (Å²) in [5.41, 5.74) is 0.877. The second-order valence-electron chi connectivity index (χ2n) is 2.17. The Morgan fingerprint density at radius 3 is 2.42 bits per heavy atom.